The van der Waals surface area contributed by atoms with E-state index < -0.39 is 5.41 Å². The average molecular weight is 724 g/mol. The summed E-state index contributed by atoms with van der Waals surface area (Å²) in [5.74, 6) is 0. The molecule has 0 saturated carbocycles. The molecule has 11 aromatic rings. The summed E-state index contributed by atoms with van der Waals surface area (Å²) < 4.78 is 6.53. The molecule has 1 aromatic heterocycles. The number of benzene rings is 10. The van der Waals surface area contributed by atoms with E-state index in [2.05, 4.69) is 199 Å². The van der Waals surface area contributed by atoms with Gasteiger partial charge in [-0.25, -0.2) is 0 Å². The molecule has 0 amide bonds. The number of rotatable bonds is 3. The molecule has 2 aliphatic rings. The molecule has 13 rings (SSSR count). The third-order valence-corrected chi connectivity index (χ3v) is 12.8. The molecule has 2 aliphatic carbocycles. The van der Waals surface area contributed by atoms with Crippen molar-refractivity contribution in [1.82, 2.24) is 0 Å². The maximum atomic E-state index is 6.53. The van der Waals surface area contributed by atoms with Crippen molar-refractivity contribution >= 4 is 71.3 Å². The Labute approximate surface area is 329 Å². The zero-order valence-corrected chi connectivity index (χ0v) is 30.9. The van der Waals surface area contributed by atoms with Gasteiger partial charge in [0.05, 0.1) is 11.1 Å². The first-order valence-electron chi connectivity index (χ1n) is 19.8. The first-order chi connectivity index (χ1) is 28.3. The monoisotopic (exact) mass is 723 g/mol. The highest BCUT2D eigenvalue weighted by molar-refractivity contribution is 6.24. The molecule has 0 saturated heterocycles. The van der Waals surface area contributed by atoms with E-state index in [1.807, 2.05) is 6.07 Å². The third kappa shape index (κ3) is 3.94. The molecular formula is C55H33NO. The molecule has 1 spiro atoms. The molecule has 10 aromatic carbocycles. The topological polar surface area (TPSA) is 16.4 Å². The van der Waals surface area contributed by atoms with Crippen LogP contribution in [0.2, 0.25) is 0 Å². The molecule has 0 bridgehead atoms. The lowest BCUT2D eigenvalue weighted by molar-refractivity contribution is 0.669. The maximum absolute atomic E-state index is 6.53. The molecule has 0 unspecified atom stereocenters. The fourth-order valence-electron chi connectivity index (χ4n) is 10.7. The highest BCUT2D eigenvalue weighted by Crippen LogP contribution is 2.67. The number of nitrogens with zero attached hydrogens (tertiary/aromatic N) is 1. The molecule has 0 radical (unpaired) electrons. The van der Waals surface area contributed by atoms with Crippen LogP contribution in [0.3, 0.4) is 0 Å². The summed E-state index contributed by atoms with van der Waals surface area (Å²) >= 11 is 0. The fourth-order valence-corrected chi connectivity index (χ4v) is 10.7. The molecule has 1 heterocycles. The van der Waals surface area contributed by atoms with Crippen molar-refractivity contribution < 1.29 is 4.42 Å². The molecule has 0 atom stereocenters. The summed E-state index contributed by atoms with van der Waals surface area (Å²) in [5.41, 5.74) is 15.1. The Balaban J connectivity index is 1.22. The van der Waals surface area contributed by atoms with Crippen LogP contribution in [0.4, 0.5) is 17.1 Å². The second-order valence-electron chi connectivity index (χ2n) is 15.5. The van der Waals surface area contributed by atoms with Gasteiger partial charge in [0, 0.05) is 33.6 Å². The fraction of sp³-hybridized carbons (Fsp3) is 0.0182. The maximum Gasteiger partial charge on any atom is 0.137 e. The predicted octanol–water partition coefficient (Wildman–Crippen LogP) is 14.9. The van der Waals surface area contributed by atoms with Crippen LogP contribution in [0.15, 0.2) is 205 Å². The Morgan fingerprint density at radius 2 is 0.860 bits per heavy atom. The van der Waals surface area contributed by atoms with Crippen LogP contribution >= 0.6 is 0 Å². The number of furan rings is 1. The zero-order valence-electron chi connectivity index (χ0n) is 30.9. The van der Waals surface area contributed by atoms with E-state index in [0.717, 1.165) is 39.0 Å². The Bertz CT molecular complexity index is 3440. The summed E-state index contributed by atoms with van der Waals surface area (Å²) in [6.07, 6.45) is 0. The van der Waals surface area contributed by atoms with Crippen LogP contribution in [0.5, 0.6) is 0 Å². The Hall–Kier alpha value is -7.42. The standard InChI is InChI=1S/C55H33NO/c1-2-16-34(17-3-1)56(35-30-31-42-41-23-12-15-29-50(41)57-51(42)32-35)49-33-48-52(44-25-8-6-22-40(44)49)53-43-24-7-4-18-36(43)37-19-5-9-26-45(37)54(53)55(48)46-27-13-10-20-38(46)39-21-11-14-28-47(39)55/h1-33H. The molecular weight excluding hydrogens is 691 g/mol. The van der Waals surface area contributed by atoms with Gasteiger partial charge in [0.1, 0.15) is 11.2 Å². The van der Waals surface area contributed by atoms with E-state index in [4.69, 9.17) is 4.42 Å². The summed E-state index contributed by atoms with van der Waals surface area (Å²) in [6, 6.07) is 73.8. The van der Waals surface area contributed by atoms with E-state index in [1.165, 1.54) is 76.8 Å². The average Bonchev–Trinajstić information content (AvgIpc) is 3.91. The molecule has 0 fully saturated rings. The van der Waals surface area contributed by atoms with Gasteiger partial charge in [0.15, 0.2) is 0 Å². The van der Waals surface area contributed by atoms with Crippen molar-refractivity contribution in [2.24, 2.45) is 0 Å². The van der Waals surface area contributed by atoms with E-state index in [0.29, 0.717) is 0 Å². The summed E-state index contributed by atoms with van der Waals surface area (Å²) in [5, 5.41) is 9.86. The van der Waals surface area contributed by atoms with Gasteiger partial charge in [-0.2, -0.15) is 0 Å². The smallest absolute Gasteiger partial charge is 0.137 e. The van der Waals surface area contributed by atoms with Gasteiger partial charge in [-0.3, -0.25) is 0 Å². The number of anilines is 3. The third-order valence-electron chi connectivity index (χ3n) is 12.8. The van der Waals surface area contributed by atoms with Crippen LogP contribution in [-0.2, 0) is 5.41 Å². The zero-order chi connectivity index (χ0) is 37.2. The lowest BCUT2D eigenvalue weighted by Crippen LogP contribution is -2.26. The Morgan fingerprint density at radius 3 is 1.58 bits per heavy atom. The molecule has 264 valence electrons. The lowest BCUT2D eigenvalue weighted by Gasteiger charge is -2.33. The van der Waals surface area contributed by atoms with Gasteiger partial charge in [-0.05, 0) is 108 Å². The van der Waals surface area contributed by atoms with Gasteiger partial charge in [0.25, 0.3) is 0 Å². The summed E-state index contributed by atoms with van der Waals surface area (Å²) in [7, 11) is 0. The number of para-hydroxylation sites is 2. The first kappa shape index (κ1) is 30.9. The van der Waals surface area contributed by atoms with E-state index in [-0.39, 0.29) is 0 Å². The highest BCUT2D eigenvalue weighted by atomic mass is 16.3. The first-order valence-corrected chi connectivity index (χ1v) is 19.8. The van der Waals surface area contributed by atoms with E-state index in [1.54, 1.807) is 0 Å². The minimum absolute atomic E-state index is 0.564. The van der Waals surface area contributed by atoms with E-state index >= 15 is 0 Å². The number of hydrogen-bond acceptors (Lipinski definition) is 2. The van der Waals surface area contributed by atoms with Gasteiger partial charge in [-0.15, -0.1) is 0 Å². The molecule has 2 nitrogen and oxygen atoms in total. The Kier molecular flexibility index (Phi) is 6.13. The van der Waals surface area contributed by atoms with Gasteiger partial charge < -0.3 is 9.32 Å². The molecule has 0 aliphatic heterocycles. The van der Waals surface area contributed by atoms with E-state index in [9.17, 15) is 0 Å². The predicted molar refractivity (Wildman–Crippen MR) is 237 cm³/mol. The van der Waals surface area contributed by atoms with Crippen molar-refractivity contribution in [2.75, 3.05) is 4.90 Å². The second-order valence-corrected chi connectivity index (χ2v) is 15.5. The number of fused-ring (bicyclic) bond motifs is 20. The van der Waals surface area contributed by atoms with Crippen LogP contribution in [0, 0.1) is 0 Å². The lowest BCUT2D eigenvalue weighted by atomic mass is 9.69. The summed E-state index contributed by atoms with van der Waals surface area (Å²) in [4.78, 5) is 2.44. The van der Waals surface area contributed by atoms with Gasteiger partial charge in [-0.1, -0.05) is 158 Å². The second kappa shape index (κ2) is 11.3. The number of hydrogen-bond donors (Lipinski definition) is 0. The van der Waals surface area contributed by atoms with Crippen molar-refractivity contribution in [3.63, 3.8) is 0 Å². The van der Waals surface area contributed by atoms with Crippen molar-refractivity contribution in [3.8, 4) is 22.3 Å². The largest absolute Gasteiger partial charge is 0.456 e. The van der Waals surface area contributed by atoms with Gasteiger partial charge >= 0.3 is 0 Å². The highest BCUT2D eigenvalue weighted by Gasteiger charge is 2.53. The molecule has 2 heteroatoms. The minimum atomic E-state index is -0.564. The SMILES string of the molecule is c1ccc(N(c2ccc3c(c2)oc2ccccc23)c2cc3c(c4ccccc24)-c2c(c4ccccc4c4ccccc24)C32c3ccccc3-c3ccccc32)cc1. The Morgan fingerprint density at radius 1 is 0.333 bits per heavy atom. The van der Waals surface area contributed by atoms with Crippen molar-refractivity contribution in [2.45, 2.75) is 5.41 Å². The van der Waals surface area contributed by atoms with Crippen LogP contribution < -0.4 is 4.90 Å². The molecule has 0 N–H and O–H groups in total. The minimum Gasteiger partial charge on any atom is -0.456 e. The van der Waals surface area contributed by atoms with Crippen LogP contribution in [0.25, 0.3) is 76.5 Å². The van der Waals surface area contributed by atoms with Crippen molar-refractivity contribution in [1.29, 1.82) is 0 Å². The van der Waals surface area contributed by atoms with Crippen molar-refractivity contribution in [3.05, 3.63) is 222 Å². The quantitative estimate of drug-likeness (QED) is 0.169. The summed E-state index contributed by atoms with van der Waals surface area (Å²) in [6.45, 7) is 0. The molecule has 57 heavy (non-hydrogen) atoms. The normalized spacial score (nSPS) is 13.4. The van der Waals surface area contributed by atoms with Gasteiger partial charge in [0.2, 0.25) is 0 Å². The van der Waals surface area contributed by atoms with Crippen LogP contribution in [-0.4, -0.2) is 0 Å². The van der Waals surface area contributed by atoms with Crippen LogP contribution in [0.1, 0.15) is 22.3 Å².